The van der Waals surface area contributed by atoms with Crippen LogP contribution in [0.15, 0.2) is 4.99 Å². The van der Waals surface area contributed by atoms with Crippen molar-refractivity contribution in [3.8, 4) is 0 Å². The first kappa shape index (κ1) is 26.7. The van der Waals surface area contributed by atoms with E-state index in [2.05, 4.69) is 29.4 Å². The molecule has 0 aliphatic carbocycles. The Hall–Kier alpha value is -0.330. The number of likely N-dealkylation sites (tertiary alicyclic amines) is 1. The van der Waals surface area contributed by atoms with Crippen molar-refractivity contribution in [1.29, 1.82) is 0 Å². The van der Waals surface area contributed by atoms with Crippen molar-refractivity contribution < 1.29 is 17.9 Å². The first-order valence-corrected chi connectivity index (χ1v) is 10.4. The summed E-state index contributed by atoms with van der Waals surface area (Å²) in [5.41, 5.74) is 0. The van der Waals surface area contributed by atoms with Crippen molar-refractivity contribution in [2.75, 3.05) is 59.0 Å². The Morgan fingerprint density at radius 3 is 2.48 bits per heavy atom. The van der Waals surface area contributed by atoms with Gasteiger partial charge in [0.2, 0.25) is 0 Å². The topological polar surface area (TPSA) is 52.1 Å². The third-order valence-electron chi connectivity index (χ3n) is 5.13. The van der Waals surface area contributed by atoms with E-state index in [1.807, 2.05) is 6.92 Å². The van der Waals surface area contributed by atoms with Gasteiger partial charge in [0, 0.05) is 44.8 Å². The van der Waals surface area contributed by atoms with Gasteiger partial charge in [-0.3, -0.25) is 14.8 Å². The van der Waals surface area contributed by atoms with Gasteiger partial charge in [0.15, 0.2) is 5.96 Å². The van der Waals surface area contributed by atoms with Gasteiger partial charge in [-0.05, 0) is 25.7 Å². The molecule has 6 nitrogen and oxygen atoms in total. The second kappa shape index (κ2) is 13.2. The molecule has 0 radical (unpaired) electrons. The van der Waals surface area contributed by atoms with Crippen molar-refractivity contribution >= 4 is 29.9 Å². The first-order valence-electron chi connectivity index (χ1n) is 10.4. The second-order valence-electron chi connectivity index (χ2n) is 8.13. The Morgan fingerprint density at radius 1 is 1.21 bits per heavy atom. The number of ether oxygens (including phenoxy) is 1. The largest absolute Gasteiger partial charge is 0.401 e. The van der Waals surface area contributed by atoms with Crippen LogP contribution >= 0.6 is 24.0 Å². The maximum atomic E-state index is 12.6. The van der Waals surface area contributed by atoms with Crippen molar-refractivity contribution in [2.45, 2.75) is 51.9 Å². The maximum Gasteiger partial charge on any atom is 0.401 e. The van der Waals surface area contributed by atoms with Crippen LogP contribution in [0, 0.1) is 5.92 Å². The fourth-order valence-electron chi connectivity index (χ4n) is 3.88. The molecule has 2 aliphatic rings. The van der Waals surface area contributed by atoms with Gasteiger partial charge in [0.25, 0.3) is 0 Å². The van der Waals surface area contributed by atoms with Gasteiger partial charge in [-0.15, -0.1) is 24.0 Å². The van der Waals surface area contributed by atoms with E-state index >= 15 is 0 Å². The minimum absolute atomic E-state index is 0. The summed E-state index contributed by atoms with van der Waals surface area (Å²) in [5, 5.41) is 6.57. The Kier molecular flexibility index (Phi) is 12.1. The highest BCUT2D eigenvalue weighted by Gasteiger charge is 2.34. The lowest BCUT2D eigenvalue weighted by Gasteiger charge is -2.34. The molecule has 0 bridgehead atoms. The minimum Gasteiger partial charge on any atom is -0.379 e. The summed E-state index contributed by atoms with van der Waals surface area (Å²) in [6, 6.07) is 0.344. The number of alkyl halides is 3. The van der Waals surface area contributed by atoms with Gasteiger partial charge in [0.05, 0.1) is 26.3 Å². The maximum absolute atomic E-state index is 12.6. The molecule has 2 aliphatic heterocycles. The van der Waals surface area contributed by atoms with E-state index in [1.165, 1.54) is 4.90 Å². The van der Waals surface area contributed by atoms with E-state index in [4.69, 9.17) is 9.73 Å². The van der Waals surface area contributed by atoms with Gasteiger partial charge in [0.1, 0.15) is 0 Å². The number of guanidine groups is 1. The second-order valence-corrected chi connectivity index (χ2v) is 8.13. The number of rotatable bonds is 8. The van der Waals surface area contributed by atoms with E-state index in [-0.39, 0.29) is 30.0 Å². The minimum atomic E-state index is -4.14. The summed E-state index contributed by atoms with van der Waals surface area (Å²) >= 11 is 0. The third kappa shape index (κ3) is 10.5. The number of morpholine rings is 1. The van der Waals surface area contributed by atoms with Crippen LogP contribution in [0.3, 0.4) is 0 Å². The molecule has 2 unspecified atom stereocenters. The Balaban J connectivity index is 0.00000420. The zero-order valence-electron chi connectivity index (χ0n) is 17.8. The van der Waals surface area contributed by atoms with E-state index in [9.17, 15) is 13.2 Å². The molecule has 0 aromatic carbocycles. The number of aliphatic imine (C=N–C) groups is 1. The Morgan fingerprint density at radius 2 is 1.90 bits per heavy atom. The smallest absolute Gasteiger partial charge is 0.379 e. The van der Waals surface area contributed by atoms with E-state index in [1.54, 1.807) is 0 Å². The monoisotopic (exact) mass is 535 g/mol. The normalized spacial score (nSPS) is 23.1. The summed E-state index contributed by atoms with van der Waals surface area (Å²) in [5.74, 6) is 1.27. The van der Waals surface area contributed by atoms with Crippen molar-refractivity contribution in [2.24, 2.45) is 10.9 Å². The van der Waals surface area contributed by atoms with Crippen molar-refractivity contribution in [3.63, 3.8) is 0 Å². The summed E-state index contributed by atoms with van der Waals surface area (Å²) in [4.78, 5) is 8.67. The van der Waals surface area contributed by atoms with Crippen LogP contribution in [-0.2, 0) is 4.74 Å². The lowest BCUT2D eigenvalue weighted by molar-refractivity contribution is -0.143. The summed E-state index contributed by atoms with van der Waals surface area (Å²) < 4.78 is 43.3. The lowest BCUT2D eigenvalue weighted by Crippen LogP contribution is -2.48. The zero-order valence-corrected chi connectivity index (χ0v) is 20.1. The number of hydrogen-bond acceptors (Lipinski definition) is 4. The molecule has 172 valence electrons. The van der Waals surface area contributed by atoms with Gasteiger partial charge < -0.3 is 15.4 Å². The number of halogens is 4. The van der Waals surface area contributed by atoms with Gasteiger partial charge in [-0.25, -0.2) is 0 Å². The molecular weight excluding hydrogens is 498 g/mol. The van der Waals surface area contributed by atoms with E-state index in [0.29, 0.717) is 44.0 Å². The molecule has 0 spiro atoms. The first-order chi connectivity index (χ1) is 13.3. The molecule has 0 amide bonds. The number of nitrogens with one attached hydrogen (secondary N) is 2. The quantitative estimate of drug-likeness (QED) is 0.285. The molecule has 2 saturated heterocycles. The number of nitrogens with zero attached hydrogens (tertiary/aromatic N) is 3. The van der Waals surface area contributed by atoms with E-state index < -0.39 is 12.7 Å². The highest BCUT2D eigenvalue weighted by Crippen LogP contribution is 2.20. The highest BCUT2D eigenvalue weighted by atomic mass is 127. The average molecular weight is 535 g/mol. The zero-order chi connectivity index (χ0) is 20.6. The molecule has 0 saturated carbocycles. The van der Waals surface area contributed by atoms with Crippen LogP contribution in [0.5, 0.6) is 0 Å². The molecule has 2 rings (SSSR count). The van der Waals surface area contributed by atoms with Crippen molar-refractivity contribution in [3.05, 3.63) is 0 Å². The van der Waals surface area contributed by atoms with Crippen molar-refractivity contribution in [1.82, 2.24) is 20.4 Å². The summed E-state index contributed by atoms with van der Waals surface area (Å²) in [6.07, 6.45) is -2.39. The molecule has 2 N–H and O–H groups in total. The average Bonchev–Trinajstić information content (AvgIpc) is 3.04. The predicted molar refractivity (Wildman–Crippen MR) is 121 cm³/mol. The molecule has 0 aromatic rings. The summed E-state index contributed by atoms with van der Waals surface area (Å²) in [6.45, 7) is 11.2. The molecule has 2 heterocycles. The molecule has 2 atom stereocenters. The SMILES string of the molecule is CCNC(=NCC(CC(C)C)N1CCOCC1)NC1CCN(CC(F)(F)F)C1.I. The Labute approximate surface area is 190 Å². The molecule has 29 heavy (non-hydrogen) atoms. The molecule has 10 heteroatoms. The third-order valence-corrected chi connectivity index (χ3v) is 5.13. The van der Waals surface area contributed by atoms with Crippen LogP contribution in [0.2, 0.25) is 0 Å². The van der Waals surface area contributed by atoms with Crippen LogP contribution < -0.4 is 10.6 Å². The number of hydrogen-bond donors (Lipinski definition) is 2. The molecule has 2 fully saturated rings. The fraction of sp³-hybridized carbons (Fsp3) is 0.947. The Bertz CT molecular complexity index is 487. The highest BCUT2D eigenvalue weighted by molar-refractivity contribution is 14.0. The standard InChI is InChI=1S/C19H36F3N5O.HI/c1-4-23-18(25-16-5-6-26(13-16)14-19(20,21)22)24-12-17(11-15(2)3)27-7-9-28-10-8-27;/h15-17H,4-14H2,1-3H3,(H2,23,24,25);1H. The van der Waals surface area contributed by atoms with Gasteiger partial charge in [-0.1, -0.05) is 13.8 Å². The van der Waals surface area contributed by atoms with E-state index in [0.717, 1.165) is 39.3 Å². The van der Waals surface area contributed by atoms with Crippen LogP contribution in [0.1, 0.15) is 33.6 Å². The van der Waals surface area contributed by atoms with Crippen LogP contribution in [0.4, 0.5) is 13.2 Å². The van der Waals surface area contributed by atoms with Gasteiger partial charge in [-0.2, -0.15) is 13.2 Å². The van der Waals surface area contributed by atoms with Crippen LogP contribution in [-0.4, -0.2) is 93.0 Å². The molecular formula is C19H37F3IN5O. The molecule has 0 aromatic heterocycles. The summed E-state index contributed by atoms with van der Waals surface area (Å²) in [7, 11) is 0. The predicted octanol–water partition coefficient (Wildman–Crippen LogP) is 2.54. The van der Waals surface area contributed by atoms with Crippen LogP contribution in [0.25, 0.3) is 0 Å². The van der Waals surface area contributed by atoms with Gasteiger partial charge >= 0.3 is 6.18 Å². The fourth-order valence-corrected chi connectivity index (χ4v) is 3.88. The lowest BCUT2D eigenvalue weighted by atomic mass is 10.0.